The van der Waals surface area contributed by atoms with Crippen LogP contribution in [-0.2, 0) is 0 Å². The number of thioether (sulfide) groups is 1. The van der Waals surface area contributed by atoms with E-state index >= 15 is 0 Å². The third-order valence-corrected chi connectivity index (χ3v) is 4.67. The van der Waals surface area contributed by atoms with Crippen LogP contribution >= 0.6 is 11.8 Å². The normalized spacial score (nSPS) is 22.8. The smallest absolute Gasteiger partial charge is 0.350 e. The zero-order valence-corrected chi connectivity index (χ0v) is 10.1. The lowest BCUT2D eigenvalue weighted by molar-refractivity contribution is 0.170. The van der Waals surface area contributed by atoms with Gasteiger partial charge in [0.05, 0.1) is 23.3 Å². The molecule has 0 saturated carbocycles. The maximum Gasteiger partial charge on any atom is 0.350 e. The number of aromatic nitrogens is 2. The SMILES string of the molecule is Nc1ccn([C@H]2CCC(CO)(CO)S2)c(=O)n1. The number of anilines is 1. The molecule has 2 rings (SSSR count). The van der Waals surface area contributed by atoms with Crippen LogP contribution in [0.4, 0.5) is 5.82 Å². The van der Waals surface area contributed by atoms with Gasteiger partial charge >= 0.3 is 5.69 Å². The largest absolute Gasteiger partial charge is 0.395 e. The molecule has 0 amide bonds. The van der Waals surface area contributed by atoms with E-state index in [4.69, 9.17) is 5.73 Å². The van der Waals surface area contributed by atoms with Gasteiger partial charge in [0.15, 0.2) is 0 Å². The Balaban J connectivity index is 2.23. The summed E-state index contributed by atoms with van der Waals surface area (Å²) >= 11 is 1.41. The van der Waals surface area contributed by atoms with E-state index in [1.54, 1.807) is 12.3 Å². The van der Waals surface area contributed by atoms with E-state index in [0.29, 0.717) is 6.42 Å². The maximum absolute atomic E-state index is 11.6. The fraction of sp³-hybridized carbons (Fsp3) is 0.600. The first-order valence-electron chi connectivity index (χ1n) is 5.34. The summed E-state index contributed by atoms with van der Waals surface area (Å²) < 4.78 is 0.944. The molecule has 0 spiro atoms. The second-order valence-corrected chi connectivity index (χ2v) is 5.80. The van der Waals surface area contributed by atoms with Crippen LogP contribution in [0.1, 0.15) is 18.2 Å². The Kier molecular flexibility index (Phi) is 3.41. The van der Waals surface area contributed by atoms with Gasteiger partial charge in [-0.3, -0.25) is 4.57 Å². The summed E-state index contributed by atoms with van der Waals surface area (Å²) in [6.07, 6.45) is 3.00. The number of nitrogen functional groups attached to an aromatic ring is 1. The number of aliphatic hydroxyl groups is 2. The van der Waals surface area contributed by atoms with E-state index in [1.807, 2.05) is 0 Å². The Bertz CT molecular complexity index is 458. The highest BCUT2D eigenvalue weighted by Crippen LogP contribution is 2.48. The molecule has 1 aromatic heterocycles. The summed E-state index contributed by atoms with van der Waals surface area (Å²) in [5.41, 5.74) is 5.03. The number of aliphatic hydroxyl groups excluding tert-OH is 2. The van der Waals surface area contributed by atoms with Gasteiger partial charge < -0.3 is 15.9 Å². The average Bonchev–Trinajstić information content (AvgIpc) is 2.74. The molecule has 1 saturated heterocycles. The number of nitrogens with zero attached hydrogens (tertiary/aromatic N) is 2. The zero-order chi connectivity index (χ0) is 12.5. The minimum atomic E-state index is -0.550. The molecule has 6 nitrogen and oxygen atoms in total. The zero-order valence-electron chi connectivity index (χ0n) is 9.24. The second-order valence-electron chi connectivity index (χ2n) is 4.15. The molecule has 0 bridgehead atoms. The van der Waals surface area contributed by atoms with Crippen molar-refractivity contribution in [3.05, 3.63) is 22.7 Å². The predicted molar refractivity (Wildman–Crippen MR) is 65.7 cm³/mol. The first-order valence-corrected chi connectivity index (χ1v) is 6.22. The van der Waals surface area contributed by atoms with Gasteiger partial charge in [-0.15, -0.1) is 11.8 Å². The number of nitrogens with two attached hydrogens (primary N) is 1. The van der Waals surface area contributed by atoms with Crippen LogP contribution in [0.5, 0.6) is 0 Å². The van der Waals surface area contributed by atoms with Crippen LogP contribution in [0, 0.1) is 0 Å². The molecular formula is C10H15N3O3S. The molecule has 94 valence electrons. The highest BCUT2D eigenvalue weighted by Gasteiger charge is 2.40. The molecule has 1 aliphatic rings. The summed E-state index contributed by atoms with van der Waals surface area (Å²) in [4.78, 5) is 15.3. The molecule has 7 heteroatoms. The summed E-state index contributed by atoms with van der Waals surface area (Å²) in [6, 6.07) is 1.57. The molecule has 1 aliphatic heterocycles. The number of hydrogen-bond donors (Lipinski definition) is 3. The van der Waals surface area contributed by atoms with Gasteiger partial charge in [-0.2, -0.15) is 4.98 Å². The van der Waals surface area contributed by atoms with Gasteiger partial charge in [-0.05, 0) is 18.9 Å². The van der Waals surface area contributed by atoms with E-state index in [1.165, 1.54) is 16.3 Å². The van der Waals surface area contributed by atoms with Crippen molar-refractivity contribution in [1.82, 2.24) is 9.55 Å². The van der Waals surface area contributed by atoms with E-state index in [-0.39, 0.29) is 24.4 Å². The van der Waals surface area contributed by atoms with Gasteiger partial charge in [0.25, 0.3) is 0 Å². The minimum Gasteiger partial charge on any atom is -0.395 e. The minimum absolute atomic E-state index is 0.0954. The Labute approximate surface area is 102 Å². The predicted octanol–water partition coefficient (Wildman–Crippen LogP) is -0.425. The molecule has 17 heavy (non-hydrogen) atoms. The number of rotatable bonds is 3. The van der Waals surface area contributed by atoms with Crippen LogP contribution in [0.15, 0.2) is 17.1 Å². The summed E-state index contributed by atoms with van der Waals surface area (Å²) in [5.74, 6) is 0.199. The molecule has 0 radical (unpaired) electrons. The quantitative estimate of drug-likeness (QED) is 0.679. The van der Waals surface area contributed by atoms with Gasteiger partial charge in [0, 0.05) is 6.20 Å². The summed E-state index contributed by atoms with van der Waals surface area (Å²) in [6.45, 7) is -0.191. The highest BCUT2D eigenvalue weighted by atomic mass is 32.2. The molecule has 0 aromatic carbocycles. The topological polar surface area (TPSA) is 101 Å². The average molecular weight is 257 g/mol. The third kappa shape index (κ3) is 2.31. The third-order valence-electron chi connectivity index (χ3n) is 2.97. The highest BCUT2D eigenvalue weighted by molar-refractivity contribution is 8.01. The van der Waals surface area contributed by atoms with Crippen molar-refractivity contribution in [1.29, 1.82) is 0 Å². The molecule has 2 heterocycles. The van der Waals surface area contributed by atoms with Gasteiger partial charge in [0.2, 0.25) is 0 Å². The lowest BCUT2D eigenvalue weighted by Gasteiger charge is -2.23. The van der Waals surface area contributed by atoms with Crippen molar-refractivity contribution < 1.29 is 10.2 Å². The Morgan fingerprint density at radius 2 is 2.29 bits per heavy atom. The molecule has 1 atom stereocenters. The lowest BCUT2D eigenvalue weighted by Crippen LogP contribution is -2.31. The van der Waals surface area contributed by atoms with Crippen LogP contribution in [-0.4, -0.2) is 37.7 Å². The number of hydrogen-bond acceptors (Lipinski definition) is 6. The molecule has 1 aromatic rings. The first kappa shape index (κ1) is 12.4. The molecule has 0 unspecified atom stereocenters. The van der Waals surface area contributed by atoms with Crippen LogP contribution < -0.4 is 11.4 Å². The van der Waals surface area contributed by atoms with E-state index in [9.17, 15) is 15.0 Å². The van der Waals surface area contributed by atoms with Crippen molar-refractivity contribution in [3.63, 3.8) is 0 Å². The van der Waals surface area contributed by atoms with Crippen molar-refractivity contribution in [3.8, 4) is 0 Å². The van der Waals surface area contributed by atoms with Crippen molar-refractivity contribution in [2.24, 2.45) is 0 Å². The van der Waals surface area contributed by atoms with E-state index in [0.717, 1.165) is 6.42 Å². The van der Waals surface area contributed by atoms with E-state index < -0.39 is 10.4 Å². The van der Waals surface area contributed by atoms with Crippen LogP contribution in [0.3, 0.4) is 0 Å². The Morgan fingerprint density at radius 1 is 1.59 bits per heavy atom. The summed E-state index contributed by atoms with van der Waals surface area (Å²) in [7, 11) is 0. The van der Waals surface area contributed by atoms with Gasteiger partial charge in [-0.1, -0.05) is 0 Å². The second kappa shape index (κ2) is 4.67. The van der Waals surface area contributed by atoms with Gasteiger partial charge in [-0.25, -0.2) is 4.79 Å². The van der Waals surface area contributed by atoms with Crippen molar-refractivity contribution in [2.45, 2.75) is 23.0 Å². The molecule has 1 fully saturated rings. The summed E-state index contributed by atoms with van der Waals surface area (Å²) in [5, 5.41) is 18.5. The van der Waals surface area contributed by atoms with Crippen LogP contribution in [0.25, 0.3) is 0 Å². The lowest BCUT2D eigenvalue weighted by atomic mass is 10.1. The monoisotopic (exact) mass is 257 g/mol. The van der Waals surface area contributed by atoms with Crippen molar-refractivity contribution in [2.75, 3.05) is 18.9 Å². The molecule has 0 aliphatic carbocycles. The fourth-order valence-electron chi connectivity index (χ4n) is 1.92. The fourth-order valence-corrected chi connectivity index (χ4v) is 3.39. The van der Waals surface area contributed by atoms with E-state index in [2.05, 4.69) is 4.98 Å². The standard InChI is InChI=1S/C10H15N3O3S/c11-7-2-4-13(9(16)12-7)8-1-3-10(5-14,6-15)17-8/h2,4,8,14-15H,1,3,5-6H2,(H2,11,12,16)/t8-/m1/s1. The van der Waals surface area contributed by atoms with Crippen LogP contribution in [0.2, 0.25) is 0 Å². The maximum atomic E-state index is 11.6. The molecular weight excluding hydrogens is 242 g/mol. The Hall–Kier alpha value is -1.05. The van der Waals surface area contributed by atoms with Crippen molar-refractivity contribution >= 4 is 17.6 Å². The van der Waals surface area contributed by atoms with Gasteiger partial charge in [0.1, 0.15) is 5.82 Å². The molecule has 4 N–H and O–H groups in total. The first-order chi connectivity index (χ1) is 8.10. The Morgan fingerprint density at radius 3 is 2.82 bits per heavy atom.